The fourth-order valence-electron chi connectivity index (χ4n) is 1.04. The van der Waals surface area contributed by atoms with E-state index in [9.17, 15) is 0 Å². The summed E-state index contributed by atoms with van der Waals surface area (Å²) in [6.45, 7) is 7.58. The summed E-state index contributed by atoms with van der Waals surface area (Å²) in [7, 11) is 0. The van der Waals surface area contributed by atoms with E-state index in [2.05, 4.69) is 18.8 Å². The maximum atomic E-state index is 5.55. The van der Waals surface area contributed by atoms with Crippen LogP contribution in [0.2, 0.25) is 0 Å². The van der Waals surface area contributed by atoms with E-state index in [4.69, 9.17) is 5.73 Å². The van der Waals surface area contributed by atoms with Crippen molar-refractivity contribution in [3.63, 3.8) is 0 Å². The highest BCUT2D eigenvalue weighted by Gasteiger charge is 2.01. The molecule has 11 heavy (non-hydrogen) atoms. The maximum Gasteiger partial charge on any atom is 0.0190 e. The molecule has 0 rings (SSSR count). The summed E-state index contributed by atoms with van der Waals surface area (Å²) in [6, 6.07) is 0.500. The van der Waals surface area contributed by atoms with Gasteiger partial charge in [0.2, 0.25) is 0 Å². The smallest absolute Gasteiger partial charge is 0.0190 e. The van der Waals surface area contributed by atoms with Crippen LogP contribution in [0, 0.1) is 0 Å². The van der Waals surface area contributed by atoms with Gasteiger partial charge in [-0.2, -0.15) is 0 Å². The van der Waals surface area contributed by atoms with Gasteiger partial charge in [-0.15, -0.1) is 6.58 Å². The van der Waals surface area contributed by atoms with Gasteiger partial charge >= 0.3 is 0 Å². The van der Waals surface area contributed by atoms with Crippen LogP contribution in [0.25, 0.3) is 0 Å². The molecule has 0 amide bonds. The molecule has 0 saturated carbocycles. The van der Waals surface area contributed by atoms with Crippen molar-refractivity contribution in [3.8, 4) is 0 Å². The zero-order valence-corrected chi connectivity index (χ0v) is 7.47. The van der Waals surface area contributed by atoms with E-state index in [-0.39, 0.29) is 0 Å². The average molecular weight is 156 g/mol. The zero-order valence-electron chi connectivity index (χ0n) is 7.47. The first-order chi connectivity index (χ1) is 5.35. The third-order valence-corrected chi connectivity index (χ3v) is 1.70. The Kier molecular flexibility index (Phi) is 7.52. The molecule has 0 aliphatic heterocycles. The highest BCUT2D eigenvalue weighted by atomic mass is 14.9. The summed E-state index contributed by atoms with van der Waals surface area (Å²) in [4.78, 5) is 0. The molecule has 0 aromatic carbocycles. The topological polar surface area (TPSA) is 38.0 Å². The number of rotatable bonds is 7. The lowest BCUT2D eigenvalue weighted by atomic mass is 10.1. The lowest BCUT2D eigenvalue weighted by Crippen LogP contribution is -2.36. The molecular formula is C9H20N2. The molecule has 2 nitrogen and oxygen atoms in total. The summed E-state index contributed by atoms with van der Waals surface area (Å²) in [6.07, 6.45) is 5.32. The van der Waals surface area contributed by atoms with Gasteiger partial charge in [0, 0.05) is 12.6 Å². The number of nitrogens with two attached hydrogens (primary N) is 1. The second kappa shape index (κ2) is 7.76. The van der Waals surface area contributed by atoms with E-state index >= 15 is 0 Å². The molecule has 0 spiro atoms. The molecule has 0 fully saturated rings. The van der Waals surface area contributed by atoms with E-state index < -0.39 is 0 Å². The van der Waals surface area contributed by atoms with Crippen LogP contribution in [0.1, 0.15) is 26.2 Å². The summed E-state index contributed by atoms with van der Waals surface area (Å²) < 4.78 is 0. The molecule has 1 atom stereocenters. The van der Waals surface area contributed by atoms with Crippen LogP contribution in [0.3, 0.4) is 0 Å². The quantitative estimate of drug-likeness (QED) is 0.430. The molecule has 3 N–H and O–H groups in total. The fraction of sp³-hybridized carbons (Fsp3) is 0.778. The normalized spacial score (nSPS) is 12.9. The van der Waals surface area contributed by atoms with Crippen molar-refractivity contribution in [2.45, 2.75) is 32.2 Å². The van der Waals surface area contributed by atoms with Crippen molar-refractivity contribution in [1.82, 2.24) is 5.32 Å². The van der Waals surface area contributed by atoms with Crippen LogP contribution in [-0.4, -0.2) is 19.1 Å². The molecule has 0 aromatic heterocycles. The van der Waals surface area contributed by atoms with Crippen LogP contribution in [-0.2, 0) is 0 Å². The minimum Gasteiger partial charge on any atom is -0.329 e. The van der Waals surface area contributed by atoms with Crippen LogP contribution in [0.4, 0.5) is 0 Å². The Bertz CT molecular complexity index is 91.6. The highest BCUT2D eigenvalue weighted by molar-refractivity contribution is 4.72. The number of nitrogens with one attached hydrogen (secondary N) is 1. The van der Waals surface area contributed by atoms with Gasteiger partial charge in [0.1, 0.15) is 0 Å². The van der Waals surface area contributed by atoms with Crippen molar-refractivity contribution >= 4 is 0 Å². The monoisotopic (exact) mass is 156 g/mol. The van der Waals surface area contributed by atoms with E-state index in [1.54, 1.807) is 0 Å². The van der Waals surface area contributed by atoms with Crippen molar-refractivity contribution in [2.75, 3.05) is 13.1 Å². The van der Waals surface area contributed by atoms with Crippen molar-refractivity contribution in [1.29, 1.82) is 0 Å². The average Bonchev–Trinajstić information content (AvgIpc) is 2.03. The molecule has 2 heteroatoms. The molecule has 66 valence electrons. The van der Waals surface area contributed by atoms with E-state index in [0.717, 1.165) is 19.5 Å². The van der Waals surface area contributed by atoms with E-state index in [1.807, 2.05) is 6.08 Å². The zero-order chi connectivity index (χ0) is 8.53. The SMILES string of the molecule is C=CCCNC(CN)CCC. The molecule has 1 unspecified atom stereocenters. The predicted molar refractivity (Wildman–Crippen MR) is 50.6 cm³/mol. The second-order valence-corrected chi connectivity index (χ2v) is 2.75. The van der Waals surface area contributed by atoms with Gasteiger partial charge in [-0.1, -0.05) is 19.4 Å². The van der Waals surface area contributed by atoms with Crippen molar-refractivity contribution < 1.29 is 0 Å². The van der Waals surface area contributed by atoms with Gasteiger partial charge in [0.25, 0.3) is 0 Å². The summed E-state index contributed by atoms with van der Waals surface area (Å²) in [5.74, 6) is 0. The molecule has 0 aromatic rings. The van der Waals surface area contributed by atoms with Crippen molar-refractivity contribution in [2.24, 2.45) is 5.73 Å². The van der Waals surface area contributed by atoms with Gasteiger partial charge in [0.05, 0.1) is 0 Å². The molecular weight excluding hydrogens is 136 g/mol. The Morgan fingerprint density at radius 1 is 1.64 bits per heavy atom. The van der Waals surface area contributed by atoms with Gasteiger partial charge in [0.15, 0.2) is 0 Å². The molecule has 0 aliphatic rings. The first-order valence-corrected chi connectivity index (χ1v) is 4.39. The van der Waals surface area contributed by atoms with Crippen LogP contribution < -0.4 is 11.1 Å². The Morgan fingerprint density at radius 2 is 2.36 bits per heavy atom. The largest absolute Gasteiger partial charge is 0.329 e. The lowest BCUT2D eigenvalue weighted by molar-refractivity contribution is 0.488. The summed E-state index contributed by atoms with van der Waals surface area (Å²) >= 11 is 0. The first-order valence-electron chi connectivity index (χ1n) is 4.39. The second-order valence-electron chi connectivity index (χ2n) is 2.75. The standard InChI is InChI=1S/C9H20N2/c1-3-5-7-11-9(8-10)6-4-2/h3,9,11H,1,4-8,10H2,2H3. The summed E-state index contributed by atoms with van der Waals surface area (Å²) in [5, 5.41) is 3.38. The molecule has 0 radical (unpaired) electrons. The highest BCUT2D eigenvalue weighted by Crippen LogP contribution is 1.94. The van der Waals surface area contributed by atoms with Crippen molar-refractivity contribution in [3.05, 3.63) is 12.7 Å². The molecule has 0 aliphatic carbocycles. The number of hydrogen-bond donors (Lipinski definition) is 2. The van der Waals surface area contributed by atoms with Crippen LogP contribution in [0.15, 0.2) is 12.7 Å². The van der Waals surface area contributed by atoms with Crippen LogP contribution in [0.5, 0.6) is 0 Å². The molecule has 0 heterocycles. The van der Waals surface area contributed by atoms with E-state index in [0.29, 0.717) is 6.04 Å². The molecule has 0 bridgehead atoms. The number of hydrogen-bond acceptors (Lipinski definition) is 2. The van der Waals surface area contributed by atoms with Gasteiger partial charge in [-0.3, -0.25) is 0 Å². The first kappa shape index (κ1) is 10.7. The Morgan fingerprint density at radius 3 is 2.82 bits per heavy atom. The third-order valence-electron chi connectivity index (χ3n) is 1.70. The Labute approximate surface area is 69.9 Å². The minimum absolute atomic E-state index is 0.500. The minimum atomic E-state index is 0.500. The Hall–Kier alpha value is -0.340. The van der Waals surface area contributed by atoms with Crippen LogP contribution >= 0.6 is 0 Å². The van der Waals surface area contributed by atoms with Gasteiger partial charge in [-0.05, 0) is 19.4 Å². The maximum absolute atomic E-state index is 5.55. The molecule has 0 saturated heterocycles. The fourth-order valence-corrected chi connectivity index (χ4v) is 1.04. The third kappa shape index (κ3) is 6.07. The van der Waals surface area contributed by atoms with E-state index in [1.165, 1.54) is 12.8 Å². The Balaban J connectivity index is 3.27. The van der Waals surface area contributed by atoms with Gasteiger partial charge in [-0.25, -0.2) is 0 Å². The lowest BCUT2D eigenvalue weighted by Gasteiger charge is -2.14. The summed E-state index contributed by atoms with van der Waals surface area (Å²) in [5.41, 5.74) is 5.55. The van der Waals surface area contributed by atoms with Gasteiger partial charge < -0.3 is 11.1 Å². The predicted octanol–water partition coefficient (Wildman–Crippen LogP) is 1.28.